The third-order valence-electron chi connectivity index (χ3n) is 6.19. The van der Waals surface area contributed by atoms with E-state index < -0.39 is 42.7 Å². The molecule has 0 aliphatic carbocycles. The Kier molecular flexibility index (Phi) is 9.74. The second-order valence-electron chi connectivity index (χ2n) is 8.04. The van der Waals surface area contributed by atoms with Crippen molar-refractivity contribution < 1.29 is 32.7 Å². The van der Waals surface area contributed by atoms with Crippen LogP contribution in [-0.4, -0.2) is 54.7 Å². The molecule has 186 valence electrons. The van der Waals surface area contributed by atoms with E-state index in [1.165, 1.54) is 60.5 Å². The van der Waals surface area contributed by atoms with E-state index in [0.717, 1.165) is 24.3 Å². The number of benzene rings is 3. The number of hydrogen-bond acceptors (Lipinski definition) is 4. The van der Waals surface area contributed by atoms with Crippen molar-refractivity contribution >= 4 is 21.8 Å². The SMILES string of the molecule is CC[N+](CC)(CC)Cc1ccccc1.O=C(O)c1ccccc1S(=O)(=O)c1ccccc1C(=O)O. The highest BCUT2D eigenvalue weighted by Gasteiger charge is 2.28. The third kappa shape index (κ3) is 6.77. The molecule has 2 N–H and O–H groups in total. The van der Waals surface area contributed by atoms with Crippen LogP contribution in [0.4, 0.5) is 0 Å². The standard InChI is InChI=1S/C14H10O6S.C13H22N/c15-13(16)9-5-1-3-7-11(9)21(19,20)12-8-4-2-6-10(12)14(17)18;1-4-14(5-2,6-3)12-13-10-8-7-9-11-13/h1-8H,(H,15,16)(H,17,18);7-11H,4-6,12H2,1-3H3/q;+1. The number of hydrogen-bond donors (Lipinski definition) is 2. The Bertz CT molecular complexity index is 1180. The van der Waals surface area contributed by atoms with Gasteiger partial charge in [-0.15, -0.1) is 0 Å². The molecule has 0 saturated heterocycles. The Labute approximate surface area is 206 Å². The topological polar surface area (TPSA) is 109 Å². The molecule has 0 radical (unpaired) electrons. The first-order valence-corrected chi connectivity index (χ1v) is 12.9. The Morgan fingerprint density at radius 3 is 1.40 bits per heavy atom. The molecular formula is C27H32NO6S+. The molecule has 0 atom stereocenters. The van der Waals surface area contributed by atoms with Crippen molar-refractivity contribution in [2.45, 2.75) is 37.1 Å². The monoisotopic (exact) mass is 498 g/mol. The average Bonchev–Trinajstić information content (AvgIpc) is 2.88. The lowest BCUT2D eigenvalue weighted by molar-refractivity contribution is -0.936. The quantitative estimate of drug-likeness (QED) is 0.403. The number of rotatable bonds is 9. The van der Waals surface area contributed by atoms with E-state index in [0.29, 0.717) is 0 Å². The van der Waals surface area contributed by atoms with Gasteiger partial charge in [0.05, 0.1) is 40.6 Å². The molecule has 0 saturated carbocycles. The fraction of sp³-hybridized carbons (Fsp3) is 0.259. The zero-order valence-corrected chi connectivity index (χ0v) is 21.0. The van der Waals surface area contributed by atoms with Crippen molar-refractivity contribution in [3.8, 4) is 0 Å². The highest BCUT2D eigenvalue weighted by atomic mass is 32.2. The van der Waals surface area contributed by atoms with Gasteiger partial charge in [-0.3, -0.25) is 0 Å². The lowest BCUT2D eigenvalue weighted by atomic mass is 10.2. The van der Waals surface area contributed by atoms with Gasteiger partial charge in [0, 0.05) is 5.56 Å². The van der Waals surface area contributed by atoms with Crippen LogP contribution in [-0.2, 0) is 16.4 Å². The van der Waals surface area contributed by atoms with Crippen LogP contribution in [0, 0.1) is 0 Å². The van der Waals surface area contributed by atoms with Crippen molar-refractivity contribution in [3.05, 3.63) is 95.6 Å². The summed E-state index contributed by atoms with van der Waals surface area (Å²) in [5.41, 5.74) is 0.647. The molecule has 8 heteroatoms. The summed E-state index contributed by atoms with van der Waals surface area (Å²) in [5, 5.41) is 18.1. The maximum Gasteiger partial charge on any atom is 0.337 e. The fourth-order valence-electron chi connectivity index (χ4n) is 3.85. The van der Waals surface area contributed by atoms with Crippen LogP contribution >= 0.6 is 0 Å². The van der Waals surface area contributed by atoms with Gasteiger partial charge in [0.1, 0.15) is 6.54 Å². The zero-order chi connectivity index (χ0) is 26.1. The van der Waals surface area contributed by atoms with Gasteiger partial charge >= 0.3 is 11.9 Å². The van der Waals surface area contributed by atoms with Gasteiger partial charge in [-0.2, -0.15) is 0 Å². The lowest BCUT2D eigenvalue weighted by Gasteiger charge is -2.35. The van der Waals surface area contributed by atoms with Gasteiger partial charge in [-0.25, -0.2) is 18.0 Å². The second-order valence-corrected chi connectivity index (χ2v) is 9.93. The van der Waals surface area contributed by atoms with Gasteiger partial charge in [0.2, 0.25) is 9.84 Å². The fourth-order valence-corrected chi connectivity index (χ4v) is 5.49. The van der Waals surface area contributed by atoms with E-state index in [-0.39, 0.29) is 0 Å². The molecular weight excluding hydrogens is 466 g/mol. The van der Waals surface area contributed by atoms with E-state index in [4.69, 9.17) is 10.2 Å². The molecule has 0 amide bonds. The summed E-state index contributed by atoms with van der Waals surface area (Å²) >= 11 is 0. The van der Waals surface area contributed by atoms with E-state index in [1.54, 1.807) is 0 Å². The summed E-state index contributed by atoms with van der Waals surface area (Å²) in [7, 11) is -4.25. The van der Waals surface area contributed by atoms with Gasteiger partial charge in [-0.1, -0.05) is 54.6 Å². The molecule has 0 unspecified atom stereocenters. The van der Waals surface area contributed by atoms with Crippen LogP contribution in [0.3, 0.4) is 0 Å². The summed E-state index contributed by atoms with van der Waals surface area (Å²) in [5.74, 6) is -2.80. The minimum Gasteiger partial charge on any atom is -0.478 e. The Hall–Kier alpha value is -3.49. The van der Waals surface area contributed by atoms with Gasteiger partial charge in [0.25, 0.3) is 0 Å². The first kappa shape index (κ1) is 27.8. The van der Waals surface area contributed by atoms with Crippen molar-refractivity contribution in [2.24, 2.45) is 0 Å². The van der Waals surface area contributed by atoms with Crippen LogP contribution in [0.2, 0.25) is 0 Å². The lowest BCUT2D eigenvalue weighted by Crippen LogP contribution is -2.46. The minimum absolute atomic E-state index is 0.405. The summed E-state index contributed by atoms with van der Waals surface area (Å²) in [6.45, 7) is 11.7. The highest BCUT2D eigenvalue weighted by Crippen LogP contribution is 2.27. The van der Waals surface area contributed by atoms with Gasteiger partial charge in [0.15, 0.2) is 0 Å². The summed E-state index contributed by atoms with van der Waals surface area (Å²) in [6, 6.07) is 20.9. The normalized spacial score (nSPS) is 11.3. The first-order valence-electron chi connectivity index (χ1n) is 11.4. The van der Waals surface area contributed by atoms with Gasteiger partial charge < -0.3 is 14.7 Å². The van der Waals surface area contributed by atoms with Crippen molar-refractivity contribution in [1.82, 2.24) is 0 Å². The minimum atomic E-state index is -4.25. The molecule has 7 nitrogen and oxygen atoms in total. The molecule has 0 aliphatic rings. The number of carboxylic acid groups (broad SMARTS) is 2. The molecule has 0 heterocycles. The van der Waals surface area contributed by atoms with Crippen molar-refractivity contribution in [1.29, 1.82) is 0 Å². The molecule has 3 rings (SSSR count). The van der Waals surface area contributed by atoms with Crippen LogP contribution < -0.4 is 0 Å². The van der Waals surface area contributed by atoms with Crippen LogP contribution in [0.15, 0.2) is 88.7 Å². The average molecular weight is 499 g/mol. The third-order valence-corrected chi connectivity index (χ3v) is 8.06. The first-order chi connectivity index (χ1) is 16.6. The number of carbonyl (C=O) groups is 2. The number of quaternary nitrogens is 1. The smallest absolute Gasteiger partial charge is 0.337 e. The van der Waals surface area contributed by atoms with Crippen LogP contribution in [0.5, 0.6) is 0 Å². The van der Waals surface area contributed by atoms with E-state index in [1.807, 2.05) is 0 Å². The van der Waals surface area contributed by atoms with Crippen LogP contribution in [0.1, 0.15) is 47.1 Å². The number of aromatic carboxylic acids is 2. The Morgan fingerprint density at radius 2 is 1.03 bits per heavy atom. The summed E-state index contributed by atoms with van der Waals surface area (Å²) in [6.07, 6.45) is 0. The second kappa shape index (κ2) is 12.3. The van der Waals surface area contributed by atoms with Gasteiger partial charge in [-0.05, 0) is 45.0 Å². The van der Waals surface area contributed by atoms with E-state index in [9.17, 15) is 18.0 Å². The predicted molar refractivity (Wildman–Crippen MR) is 134 cm³/mol. The highest BCUT2D eigenvalue weighted by molar-refractivity contribution is 7.91. The number of carboxylic acids is 2. The Morgan fingerprint density at radius 1 is 0.657 bits per heavy atom. The summed E-state index contributed by atoms with van der Waals surface area (Å²) < 4.78 is 26.3. The predicted octanol–water partition coefficient (Wildman–Crippen LogP) is 4.98. The zero-order valence-electron chi connectivity index (χ0n) is 20.2. The van der Waals surface area contributed by atoms with Crippen molar-refractivity contribution in [2.75, 3.05) is 19.6 Å². The molecule has 3 aromatic carbocycles. The molecule has 3 aromatic rings. The number of nitrogens with zero attached hydrogens (tertiary/aromatic N) is 1. The Balaban J connectivity index is 0.000000269. The molecule has 0 bridgehead atoms. The molecule has 35 heavy (non-hydrogen) atoms. The molecule has 0 aromatic heterocycles. The maximum atomic E-state index is 12.6. The summed E-state index contributed by atoms with van der Waals surface area (Å²) in [4.78, 5) is 21.4. The van der Waals surface area contributed by atoms with Crippen molar-refractivity contribution in [3.63, 3.8) is 0 Å². The molecule has 0 fully saturated rings. The van der Waals surface area contributed by atoms with E-state index >= 15 is 0 Å². The number of sulfone groups is 1. The van der Waals surface area contributed by atoms with E-state index in [2.05, 4.69) is 51.1 Å². The maximum absolute atomic E-state index is 12.6. The van der Waals surface area contributed by atoms with Crippen LogP contribution in [0.25, 0.3) is 0 Å². The largest absolute Gasteiger partial charge is 0.478 e. The molecule has 0 spiro atoms. The molecule has 0 aliphatic heterocycles.